The predicted octanol–water partition coefficient (Wildman–Crippen LogP) is 1.74. The fourth-order valence-corrected chi connectivity index (χ4v) is 1.90. The third-order valence-corrected chi connectivity index (χ3v) is 2.78. The molecule has 0 amide bonds. The molecule has 0 atom stereocenters. The number of rotatable bonds is 4. The van der Waals surface area contributed by atoms with Crippen LogP contribution in [0.4, 0.5) is 0 Å². The van der Waals surface area contributed by atoms with Crippen molar-refractivity contribution in [1.82, 2.24) is 9.97 Å². The maximum atomic E-state index is 10.7. The Kier molecular flexibility index (Phi) is 3.34. The van der Waals surface area contributed by atoms with Gasteiger partial charge in [0.25, 0.3) is 0 Å². The number of nitrogens with zero attached hydrogens (tertiary/aromatic N) is 2. The topological polar surface area (TPSA) is 72.3 Å². The summed E-state index contributed by atoms with van der Waals surface area (Å²) in [4.78, 5) is 18.4. The Morgan fingerprint density at radius 3 is 2.94 bits per heavy atom. The molecule has 1 aliphatic rings. The van der Waals surface area contributed by atoms with Crippen molar-refractivity contribution in [2.24, 2.45) is 5.92 Å². The lowest BCUT2D eigenvalue weighted by molar-refractivity contribution is 0.0688. The highest BCUT2D eigenvalue weighted by Gasteiger charge is 2.16. The zero-order valence-corrected chi connectivity index (χ0v) is 8.93. The largest absolute Gasteiger partial charge is 0.477 e. The molecule has 0 aliphatic heterocycles. The molecule has 0 unspecified atom stereocenters. The minimum atomic E-state index is -1.06. The van der Waals surface area contributed by atoms with Gasteiger partial charge in [-0.1, -0.05) is 12.8 Å². The molecule has 1 saturated carbocycles. The number of carboxylic acids is 1. The van der Waals surface area contributed by atoms with E-state index in [0.717, 1.165) is 0 Å². The summed E-state index contributed by atoms with van der Waals surface area (Å²) in [6, 6.07) is 1.51. The van der Waals surface area contributed by atoms with Crippen molar-refractivity contribution in [2.75, 3.05) is 6.61 Å². The third kappa shape index (κ3) is 2.68. The van der Waals surface area contributed by atoms with Crippen molar-refractivity contribution in [3.8, 4) is 6.01 Å². The first-order valence-electron chi connectivity index (χ1n) is 5.45. The second-order valence-corrected chi connectivity index (χ2v) is 3.99. The minimum Gasteiger partial charge on any atom is -0.477 e. The molecule has 1 aliphatic carbocycles. The number of carboxylic acid groups (broad SMARTS) is 1. The molecule has 0 bridgehead atoms. The zero-order valence-electron chi connectivity index (χ0n) is 8.93. The SMILES string of the molecule is O=C(O)c1ccnc(OCC2CCCC2)n1. The first-order chi connectivity index (χ1) is 7.75. The molecule has 1 heterocycles. The summed E-state index contributed by atoms with van der Waals surface area (Å²) < 4.78 is 5.40. The van der Waals surface area contributed by atoms with E-state index in [1.54, 1.807) is 0 Å². The molecule has 0 radical (unpaired) electrons. The van der Waals surface area contributed by atoms with E-state index < -0.39 is 5.97 Å². The Labute approximate surface area is 93.5 Å². The molecule has 0 aromatic carbocycles. The second kappa shape index (κ2) is 4.92. The van der Waals surface area contributed by atoms with Crippen molar-refractivity contribution >= 4 is 5.97 Å². The normalized spacial score (nSPS) is 16.2. The van der Waals surface area contributed by atoms with Crippen LogP contribution in [0.5, 0.6) is 6.01 Å². The number of ether oxygens (including phenoxy) is 1. The maximum absolute atomic E-state index is 10.7. The van der Waals surface area contributed by atoms with E-state index in [-0.39, 0.29) is 11.7 Å². The smallest absolute Gasteiger partial charge is 0.354 e. The van der Waals surface area contributed by atoms with Crippen molar-refractivity contribution < 1.29 is 14.6 Å². The first-order valence-corrected chi connectivity index (χ1v) is 5.45. The molecule has 5 nitrogen and oxygen atoms in total. The van der Waals surface area contributed by atoms with Gasteiger partial charge < -0.3 is 9.84 Å². The Morgan fingerprint density at radius 2 is 2.25 bits per heavy atom. The molecule has 5 heteroatoms. The van der Waals surface area contributed by atoms with E-state index in [4.69, 9.17) is 9.84 Å². The van der Waals surface area contributed by atoms with E-state index in [1.807, 2.05) is 0 Å². The van der Waals surface area contributed by atoms with Gasteiger partial charge in [0.1, 0.15) is 0 Å². The zero-order chi connectivity index (χ0) is 11.4. The predicted molar refractivity (Wildman–Crippen MR) is 56.4 cm³/mol. The van der Waals surface area contributed by atoms with Gasteiger partial charge in [-0.15, -0.1) is 0 Å². The van der Waals surface area contributed by atoms with Crippen LogP contribution in [-0.4, -0.2) is 27.7 Å². The standard InChI is InChI=1S/C11H14N2O3/c14-10(15)9-5-6-12-11(13-9)16-7-8-3-1-2-4-8/h5-6,8H,1-4,7H2,(H,14,15). The average Bonchev–Trinajstić information content (AvgIpc) is 2.79. The van der Waals surface area contributed by atoms with Crippen molar-refractivity contribution in [3.05, 3.63) is 18.0 Å². The van der Waals surface area contributed by atoms with Crippen LogP contribution in [-0.2, 0) is 0 Å². The van der Waals surface area contributed by atoms with Crippen LogP contribution in [0, 0.1) is 5.92 Å². The number of hydrogen-bond acceptors (Lipinski definition) is 4. The average molecular weight is 222 g/mol. The first kappa shape index (κ1) is 10.9. The summed E-state index contributed by atoms with van der Waals surface area (Å²) in [5.41, 5.74) is -0.0311. The summed E-state index contributed by atoms with van der Waals surface area (Å²) in [7, 11) is 0. The van der Waals surface area contributed by atoms with E-state index in [9.17, 15) is 4.79 Å². The summed E-state index contributed by atoms with van der Waals surface area (Å²) >= 11 is 0. The second-order valence-electron chi connectivity index (χ2n) is 3.99. The molecule has 0 saturated heterocycles. The number of aromatic carboxylic acids is 1. The van der Waals surface area contributed by atoms with Gasteiger partial charge in [0.2, 0.25) is 0 Å². The van der Waals surface area contributed by atoms with Crippen LogP contribution in [0.1, 0.15) is 36.2 Å². The third-order valence-electron chi connectivity index (χ3n) is 2.78. The lowest BCUT2D eigenvalue weighted by Crippen LogP contribution is -2.11. The van der Waals surface area contributed by atoms with Gasteiger partial charge in [0.05, 0.1) is 6.61 Å². The van der Waals surface area contributed by atoms with Crippen molar-refractivity contribution in [3.63, 3.8) is 0 Å². The van der Waals surface area contributed by atoms with Gasteiger partial charge >= 0.3 is 12.0 Å². The summed E-state index contributed by atoms with van der Waals surface area (Å²) in [5, 5.41) is 8.74. The fraction of sp³-hybridized carbons (Fsp3) is 0.545. The lowest BCUT2D eigenvalue weighted by atomic mass is 10.1. The van der Waals surface area contributed by atoms with Crippen molar-refractivity contribution in [1.29, 1.82) is 0 Å². The molecule has 2 rings (SSSR count). The highest BCUT2D eigenvalue weighted by molar-refractivity contribution is 5.85. The lowest BCUT2D eigenvalue weighted by Gasteiger charge is -2.09. The molecular weight excluding hydrogens is 208 g/mol. The summed E-state index contributed by atoms with van der Waals surface area (Å²) in [6.45, 7) is 0.586. The summed E-state index contributed by atoms with van der Waals surface area (Å²) in [5.74, 6) is -0.495. The van der Waals surface area contributed by atoms with Gasteiger partial charge in [-0.3, -0.25) is 0 Å². The minimum absolute atomic E-state index is 0.0311. The highest BCUT2D eigenvalue weighted by Crippen LogP contribution is 2.24. The van der Waals surface area contributed by atoms with Crippen LogP contribution in [0.2, 0.25) is 0 Å². The highest BCUT2D eigenvalue weighted by atomic mass is 16.5. The van der Waals surface area contributed by atoms with Crippen LogP contribution in [0.15, 0.2) is 12.3 Å². The number of hydrogen-bond donors (Lipinski definition) is 1. The van der Waals surface area contributed by atoms with Crippen LogP contribution >= 0.6 is 0 Å². The van der Waals surface area contributed by atoms with Crippen molar-refractivity contribution in [2.45, 2.75) is 25.7 Å². The molecule has 1 aromatic heterocycles. The quantitative estimate of drug-likeness (QED) is 0.840. The molecule has 1 N–H and O–H groups in total. The Balaban J connectivity index is 1.93. The number of aromatic nitrogens is 2. The molecular formula is C11H14N2O3. The van der Waals surface area contributed by atoms with E-state index in [2.05, 4.69) is 9.97 Å². The monoisotopic (exact) mass is 222 g/mol. The fourth-order valence-electron chi connectivity index (χ4n) is 1.90. The summed E-state index contributed by atoms with van der Waals surface area (Å²) in [6.07, 6.45) is 6.27. The van der Waals surface area contributed by atoms with E-state index >= 15 is 0 Å². The Hall–Kier alpha value is -1.65. The molecule has 0 spiro atoms. The van der Waals surface area contributed by atoms with Gasteiger partial charge in [-0.25, -0.2) is 9.78 Å². The maximum Gasteiger partial charge on any atom is 0.354 e. The molecule has 1 aromatic rings. The Morgan fingerprint density at radius 1 is 1.50 bits per heavy atom. The van der Waals surface area contributed by atoms with Gasteiger partial charge in [-0.2, -0.15) is 4.98 Å². The Bertz CT molecular complexity index is 375. The van der Waals surface area contributed by atoms with E-state index in [0.29, 0.717) is 12.5 Å². The van der Waals surface area contributed by atoms with Crippen LogP contribution in [0.25, 0.3) is 0 Å². The van der Waals surface area contributed by atoms with Gasteiger partial charge in [-0.05, 0) is 24.8 Å². The number of carbonyl (C=O) groups is 1. The molecule has 1 fully saturated rings. The molecule has 16 heavy (non-hydrogen) atoms. The van der Waals surface area contributed by atoms with E-state index in [1.165, 1.54) is 37.9 Å². The van der Waals surface area contributed by atoms with Crippen LogP contribution < -0.4 is 4.74 Å². The van der Waals surface area contributed by atoms with Crippen LogP contribution in [0.3, 0.4) is 0 Å². The van der Waals surface area contributed by atoms with Gasteiger partial charge in [0, 0.05) is 6.20 Å². The van der Waals surface area contributed by atoms with Gasteiger partial charge in [0.15, 0.2) is 5.69 Å². The molecule has 86 valence electrons.